The second-order valence-electron chi connectivity index (χ2n) is 6.04. The van der Waals surface area contributed by atoms with Crippen LogP contribution in [0, 0.1) is 20.8 Å². The first kappa shape index (κ1) is 22.7. The number of nitrogens with one attached hydrogen (secondary N) is 1. The molecule has 1 N–H and O–H groups in total. The predicted molar refractivity (Wildman–Crippen MR) is 99.0 cm³/mol. The van der Waals surface area contributed by atoms with E-state index in [0.29, 0.717) is 33.6 Å². The maximum Gasteiger partial charge on any atom is 1.00 e. The van der Waals surface area contributed by atoms with Crippen molar-refractivity contribution in [2.24, 2.45) is 0 Å². The van der Waals surface area contributed by atoms with E-state index in [1.54, 1.807) is 39.3 Å². The van der Waals surface area contributed by atoms with Gasteiger partial charge in [0, 0.05) is 17.3 Å². The molecule has 2 aromatic heterocycles. The predicted octanol–water partition coefficient (Wildman–Crippen LogP) is 0.917. The number of aromatic nitrogens is 3. The molecule has 0 aliphatic rings. The van der Waals surface area contributed by atoms with E-state index in [9.17, 15) is 13.0 Å². The van der Waals surface area contributed by atoms with Crippen molar-refractivity contribution in [1.82, 2.24) is 15.0 Å². The number of rotatable bonds is 6. The average Bonchev–Trinajstić information content (AvgIpc) is 3.04. The molecular weight excluding hydrogens is 399 g/mol. The van der Waals surface area contributed by atoms with Crippen molar-refractivity contribution in [2.45, 2.75) is 38.3 Å². The maximum atomic E-state index is 12.8. The third-order valence-electron chi connectivity index (χ3n) is 4.29. The molecule has 0 aliphatic heterocycles. The number of halogens is 2. The Balaban J connectivity index is 0.00000210. The minimum Gasteiger partial charge on any atom is -1.00 e. The third-order valence-corrected chi connectivity index (χ3v) is 5.45. The van der Waals surface area contributed by atoms with Gasteiger partial charge < -0.3 is 15.9 Å². The van der Waals surface area contributed by atoms with Gasteiger partial charge in [0.25, 0.3) is 0 Å². The summed E-state index contributed by atoms with van der Waals surface area (Å²) < 4.78 is 47.9. The van der Waals surface area contributed by atoms with Crippen LogP contribution in [-0.4, -0.2) is 32.9 Å². The van der Waals surface area contributed by atoms with Gasteiger partial charge >= 0.3 is 36.2 Å². The Morgan fingerprint density at radius 2 is 2.00 bits per heavy atom. The van der Waals surface area contributed by atoms with Crippen LogP contribution in [0.4, 0.5) is 8.78 Å². The molecule has 0 saturated heterocycles. The molecule has 0 fully saturated rings. The molecule has 0 aliphatic carbocycles. The molecule has 28 heavy (non-hydrogen) atoms. The first-order valence-corrected chi connectivity index (χ1v) is 9.45. The fourth-order valence-electron chi connectivity index (χ4n) is 2.94. The molecule has 0 spiro atoms. The van der Waals surface area contributed by atoms with Crippen LogP contribution in [0.3, 0.4) is 0 Å². The van der Waals surface area contributed by atoms with Gasteiger partial charge in [-0.15, -0.1) is 0 Å². The Labute approximate surface area is 187 Å². The van der Waals surface area contributed by atoms with Crippen molar-refractivity contribution < 1.29 is 53.4 Å². The van der Waals surface area contributed by atoms with E-state index in [2.05, 4.69) is 19.7 Å². The molecule has 6 nitrogen and oxygen atoms in total. The fourth-order valence-corrected chi connectivity index (χ4v) is 4.03. The quantitative estimate of drug-likeness (QED) is 0.602. The Morgan fingerprint density at radius 3 is 2.64 bits per heavy atom. The molecule has 1 aromatic carbocycles. The number of hydrogen-bond donors (Lipinski definition) is 1. The summed E-state index contributed by atoms with van der Waals surface area (Å²) in [6.07, 6.45) is 1.60. The number of alkyl halides is 2. The topological polar surface area (TPSA) is 77.1 Å². The largest absolute Gasteiger partial charge is 1.00 e. The number of hydrogen-bond acceptors (Lipinski definition) is 5. The van der Waals surface area contributed by atoms with Gasteiger partial charge in [0.1, 0.15) is 11.5 Å². The summed E-state index contributed by atoms with van der Waals surface area (Å²) in [4.78, 5) is 11.6. The molecule has 0 saturated carbocycles. The van der Waals surface area contributed by atoms with E-state index in [4.69, 9.17) is 4.74 Å². The van der Waals surface area contributed by atoms with Crippen LogP contribution in [-0.2, 0) is 16.6 Å². The van der Waals surface area contributed by atoms with Gasteiger partial charge in [-0.2, -0.15) is 8.78 Å². The minimum atomic E-state index is -2.92. The monoisotopic (exact) mass is 419 g/mol. The van der Waals surface area contributed by atoms with Crippen LogP contribution in [0.1, 0.15) is 23.8 Å². The van der Waals surface area contributed by atoms with Gasteiger partial charge in [0.2, 0.25) is 0 Å². The SMILES string of the molecule is COc1ccnc(CS(=O)c2nc3c(C)c(OC(F)F)c(C)cc3[nH]2)c1C.[H-].[Na+]. The zero-order valence-corrected chi connectivity index (χ0v) is 19.1. The summed E-state index contributed by atoms with van der Waals surface area (Å²) in [5.41, 5.74) is 3.54. The first-order chi connectivity index (χ1) is 12.8. The van der Waals surface area contributed by atoms with Crippen molar-refractivity contribution in [3.05, 3.63) is 40.7 Å². The van der Waals surface area contributed by atoms with Crippen LogP contribution in [0.15, 0.2) is 23.5 Å². The summed E-state index contributed by atoms with van der Waals surface area (Å²) in [7, 11) is 0.0685. The minimum absolute atomic E-state index is 0. The second kappa shape index (κ2) is 9.30. The van der Waals surface area contributed by atoms with Crippen molar-refractivity contribution in [2.75, 3.05) is 7.11 Å². The van der Waals surface area contributed by atoms with E-state index < -0.39 is 17.4 Å². The van der Waals surface area contributed by atoms with Gasteiger partial charge in [-0.3, -0.25) is 9.19 Å². The summed E-state index contributed by atoms with van der Waals surface area (Å²) >= 11 is 0. The van der Waals surface area contributed by atoms with Crippen LogP contribution in [0.2, 0.25) is 0 Å². The van der Waals surface area contributed by atoms with E-state index in [1.807, 2.05) is 6.92 Å². The summed E-state index contributed by atoms with van der Waals surface area (Å²) in [6, 6.07) is 3.39. The third kappa shape index (κ3) is 4.53. The first-order valence-electron chi connectivity index (χ1n) is 8.13. The number of fused-ring (bicyclic) bond motifs is 1. The molecule has 0 radical (unpaired) electrons. The zero-order valence-electron chi connectivity index (χ0n) is 17.3. The number of benzene rings is 1. The number of ether oxygens (including phenoxy) is 2. The Hall–Kier alpha value is -1.55. The Kier molecular flexibility index (Phi) is 7.55. The molecule has 2 heterocycles. The van der Waals surface area contributed by atoms with Crippen molar-refractivity contribution in [3.63, 3.8) is 0 Å². The van der Waals surface area contributed by atoms with Crippen LogP contribution in [0.25, 0.3) is 11.0 Å². The molecule has 0 amide bonds. The normalized spacial score (nSPS) is 12.1. The van der Waals surface area contributed by atoms with E-state index in [-0.39, 0.29) is 47.6 Å². The van der Waals surface area contributed by atoms with Crippen LogP contribution >= 0.6 is 0 Å². The number of pyridine rings is 1. The van der Waals surface area contributed by atoms with Crippen molar-refractivity contribution >= 4 is 21.8 Å². The van der Waals surface area contributed by atoms with E-state index >= 15 is 0 Å². The number of aromatic amines is 1. The van der Waals surface area contributed by atoms with E-state index in [0.717, 1.165) is 5.56 Å². The maximum absolute atomic E-state index is 12.8. The summed E-state index contributed by atoms with van der Waals surface area (Å²) in [5, 5.41) is 0.255. The number of aryl methyl sites for hydroxylation is 2. The second-order valence-corrected chi connectivity index (χ2v) is 7.41. The van der Waals surface area contributed by atoms with Crippen molar-refractivity contribution in [1.29, 1.82) is 0 Å². The zero-order chi connectivity index (χ0) is 19.7. The fraction of sp³-hybridized carbons (Fsp3) is 0.333. The molecule has 1 unspecified atom stereocenters. The number of imidazole rings is 1. The standard InChI is InChI=1S/C18H19F2N3O3S.Na.H/c1-9-7-12-15(11(3)16(9)26-17(19)20)23-18(22-12)27(24)8-13-10(2)14(25-4)5-6-21-13;;/h5-7,17H,8H2,1-4H3,(H,22,23);;/q;+1;-1. The molecule has 146 valence electrons. The number of methoxy groups -OCH3 is 1. The average molecular weight is 419 g/mol. The molecule has 3 rings (SSSR count). The molecule has 1 atom stereocenters. The van der Waals surface area contributed by atoms with Gasteiger partial charge in [-0.05, 0) is 38.5 Å². The molecule has 10 heteroatoms. The van der Waals surface area contributed by atoms with Crippen LogP contribution in [0.5, 0.6) is 11.5 Å². The number of H-pyrrole nitrogens is 1. The van der Waals surface area contributed by atoms with Gasteiger partial charge in [-0.1, -0.05) is 0 Å². The van der Waals surface area contributed by atoms with Gasteiger partial charge in [0.05, 0.1) is 40.4 Å². The summed E-state index contributed by atoms with van der Waals surface area (Å²) in [6.45, 7) is 2.24. The van der Waals surface area contributed by atoms with Gasteiger partial charge in [0.15, 0.2) is 5.16 Å². The molecular formula is C18H20F2N3NaO3S. The summed E-state index contributed by atoms with van der Waals surface area (Å²) in [5.74, 6) is 0.912. The molecule has 3 aromatic rings. The van der Waals surface area contributed by atoms with Crippen LogP contribution < -0.4 is 39.0 Å². The Morgan fingerprint density at radius 1 is 1.29 bits per heavy atom. The number of nitrogens with zero attached hydrogens (tertiary/aromatic N) is 2. The van der Waals surface area contributed by atoms with Gasteiger partial charge in [-0.25, -0.2) is 4.98 Å². The Bertz CT molecular complexity index is 1030. The molecule has 0 bridgehead atoms. The smallest absolute Gasteiger partial charge is 1.00 e. The van der Waals surface area contributed by atoms with Crippen molar-refractivity contribution in [3.8, 4) is 11.5 Å². The van der Waals surface area contributed by atoms with E-state index in [1.165, 1.54) is 0 Å².